The molecule has 3 rings (SSSR count). The summed E-state index contributed by atoms with van der Waals surface area (Å²) in [5, 5.41) is 0. The second-order valence-corrected chi connectivity index (χ2v) is 13.7. The summed E-state index contributed by atoms with van der Waals surface area (Å²) in [7, 11) is 0. The van der Waals surface area contributed by atoms with Crippen LogP contribution in [0.15, 0.2) is 12.2 Å². The molecule has 0 spiro atoms. The lowest BCUT2D eigenvalue weighted by molar-refractivity contribution is -0.159. The average Bonchev–Trinajstić information content (AvgIpc) is 3.14. The van der Waals surface area contributed by atoms with E-state index >= 15 is 0 Å². The van der Waals surface area contributed by atoms with Crippen LogP contribution in [0.2, 0.25) is 0 Å². The summed E-state index contributed by atoms with van der Waals surface area (Å²) in [5.74, 6) is -4.43. The van der Waals surface area contributed by atoms with Gasteiger partial charge in [0.05, 0.1) is 12.5 Å². The van der Waals surface area contributed by atoms with Crippen LogP contribution in [-0.2, 0) is 33.5 Å². The van der Waals surface area contributed by atoms with Crippen molar-refractivity contribution in [1.29, 1.82) is 0 Å². The number of primary amides is 1. The number of carbonyl (C=O) groups is 6. The molecule has 2 N–H and O–H groups in total. The second-order valence-electron chi connectivity index (χ2n) is 13.7. The Hall–Kier alpha value is -2.84. The van der Waals surface area contributed by atoms with Crippen molar-refractivity contribution in [3.8, 4) is 0 Å². The van der Waals surface area contributed by atoms with Crippen LogP contribution in [0.25, 0.3) is 0 Å². The topological polar surface area (TPSA) is 141 Å². The number of fused-ring (bicyclic) bond motifs is 1. The van der Waals surface area contributed by atoms with E-state index in [9.17, 15) is 28.8 Å². The van der Waals surface area contributed by atoms with Crippen LogP contribution in [-0.4, -0.2) is 58.2 Å². The summed E-state index contributed by atoms with van der Waals surface area (Å²) in [6.45, 7) is 15.0. The number of nitrogens with zero attached hydrogens (tertiary/aromatic N) is 1. The Balaban J connectivity index is 1.83. The fourth-order valence-electron chi connectivity index (χ4n) is 6.51. The molecule has 5 atom stereocenters. The van der Waals surface area contributed by atoms with Crippen LogP contribution >= 0.6 is 0 Å². The third-order valence-corrected chi connectivity index (χ3v) is 9.10. The molecule has 3 aliphatic rings. The molecule has 3 fully saturated rings. The van der Waals surface area contributed by atoms with Crippen LogP contribution in [0.4, 0.5) is 0 Å². The maximum Gasteiger partial charge on any atom is 0.307 e. The molecule has 1 aliphatic heterocycles. The van der Waals surface area contributed by atoms with E-state index in [1.165, 1.54) is 0 Å². The minimum absolute atomic E-state index is 0.0515. The zero-order valence-electron chi connectivity index (χ0n) is 24.9. The van der Waals surface area contributed by atoms with Gasteiger partial charge in [0.25, 0.3) is 5.91 Å². The summed E-state index contributed by atoms with van der Waals surface area (Å²) in [4.78, 5) is 78.8. The Morgan fingerprint density at radius 3 is 2.17 bits per heavy atom. The molecule has 2 amide bonds. The molecule has 2 saturated carbocycles. The Morgan fingerprint density at radius 1 is 1.05 bits per heavy atom. The highest BCUT2D eigenvalue weighted by Gasteiger charge is 2.69. The van der Waals surface area contributed by atoms with Crippen molar-refractivity contribution in [3.63, 3.8) is 0 Å². The van der Waals surface area contributed by atoms with Gasteiger partial charge in [-0.1, -0.05) is 39.7 Å². The molecule has 1 heterocycles. The number of likely N-dealkylation sites (tertiary alicyclic amines) is 1. The number of ketones is 3. The minimum Gasteiger partial charge on any atom is -0.460 e. The van der Waals surface area contributed by atoms with Crippen LogP contribution in [0, 0.1) is 35.0 Å². The van der Waals surface area contributed by atoms with Gasteiger partial charge in [0.2, 0.25) is 11.7 Å². The number of ether oxygens (including phenoxy) is 1. The first kappa shape index (κ1) is 31.7. The van der Waals surface area contributed by atoms with Gasteiger partial charge in [-0.2, -0.15) is 0 Å². The molecule has 0 aromatic heterocycles. The average molecular weight is 559 g/mol. The number of hydrogen-bond donors (Lipinski definition) is 1. The molecule has 2 aliphatic carbocycles. The lowest BCUT2D eigenvalue weighted by Gasteiger charge is -2.34. The van der Waals surface area contributed by atoms with E-state index in [0.717, 1.165) is 19.3 Å². The van der Waals surface area contributed by atoms with E-state index in [2.05, 4.69) is 20.4 Å². The van der Waals surface area contributed by atoms with Gasteiger partial charge in [-0.15, -0.1) is 0 Å². The molecule has 0 aromatic rings. The van der Waals surface area contributed by atoms with Crippen LogP contribution < -0.4 is 5.73 Å². The fraction of sp³-hybridized carbons (Fsp3) is 0.742. The minimum atomic E-state index is -1.04. The summed E-state index contributed by atoms with van der Waals surface area (Å²) in [6, 6.07) is -0.755. The quantitative estimate of drug-likeness (QED) is 0.195. The number of allylic oxidation sites excluding steroid dienone is 1. The van der Waals surface area contributed by atoms with E-state index in [1.54, 1.807) is 32.6 Å². The number of rotatable bonds is 14. The zero-order chi connectivity index (χ0) is 30.2. The van der Waals surface area contributed by atoms with Crippen LogP contribution in [0.1, 0.15) is 92.9 Å². The summed E-state index contributed by atoms with van der Waals surface area (Å²) < 4.78 is 5.47. The second kappa shape index (κ2) is 12.0. The highest BCUT2D eigenvalue weighted by atomic mass is 16.6. The standard InChI is InChI=1S/C31H46N2O7/c1-17(2)22(34)12-11-19(15-24(36)40-30(3,4)5)29(39)33-16-21-25(31(21,6)7)26(33)23(35)14-20(27(37)28(32)38)13-18-9-8-10-18/h18-21,25-26H,1,8-16H2,2-7H3,(H2,32,38)/t19-,20?,21+,25?,26-/m1/s1. The van der Waals surface area contributed by atoms with E-state index in [4.69, 9.17) is 10.5 Å². The Bertz CT molecular complexity index is 1080. The number of piperidine rings is 1. The Morgan fingerprint density at radius 2 is 1.68 bits per heavy atom. The first-order valence-electron chi connectivity index (χ1n) is 14.5. The van der Waals surface area contributed by atoms with E-state index in [0.29, 0.717) is 18.5 Å². The van der Waals surface area contributed by atoms with Gasteiger partial charge in [-0.05, 0) is 69.3 Å². The lowest BCUT2D eigenvalue weighted by Crippen LogP contribution is -2.49. The normalized spacial score (nSPS) is 24.8. The van der Waals surface area contributed by atoms with Crippen LogP contribution in [0.5, 0.6) is 0 Å². The molecule has 222 valence electrons. The highest BCUT2D eigenvalue weighted by molar-refractivity contribution is 6.36. The van der Waals surface area contributed by atoms with Crippen molar-refractivity contribution in [1.82, 2.24) is 4.90 Å². The van der Waals surface area contributed by atoms with E-state index in [1.807, 2.05) is 0 Å². The maximum absolute atomic E-state index is 14.0. The molecular weight excluding hydrogens is 512 g/mol. The number of amides is 2. The number of carbonyl (C=O) groups excluding carboxylic acids is 6. The molecule has 9 heteroatoms. The van der Waals surface area contributed by atoms with E-state index < -0.39 is 41.1 Å². The van der Waals surface area contributed by atoms with Crippen molar-refractivity contribution >= 4 is 35.1 Å². The summed E-state index contributed by atoms with van der Waals surface area (Å²) >= 11 is 0. The third kappa shape index (κ3) is 7.26. The molecular formula is C31H46N2O7. The van der Waals surface area contributed by atoms with Crippen molar-refractivity contribution in [2.45, 2.75) is 105 Å². The predicted octanol–water partition coefficient (Wildman–Crippen LogP) is 3.56. The number of nitrogens with two attached hydrogens (primary N) is 1. The van der Waals surface area contributed by atoms with E-state index in [-0.39, 0.29) is 66.3 Å². The Labute approximate surface area is 237 Å². The number of Topliss-reactive ketones (excluding diaryl/α,β-unsaturated/α-hetero) is 3. The third-order valence-electron chi connectivity index (χ3n) is 9.10. The molecule has 9 nitrogen and oxygen atoms in total. The highest BCUT2D eigenvalue weighted by Crippen LogP contribution is 2.65. The smallest absolute Gasteiger partial charge is 0.307 e. The lowest BCUT2D eigenvalue weighted by atomic mass is 9.76. The molecule has 1 saturated heterocycles. The number of hydrogen-bond acceptors (Lipinski definition) is 7. The zero-order valence-corrected chi connectivity index (χ0v) is 24.9. The summed E-state index contributed by atoms with van der Waals surface area (Å²) in [5.41, 5.74) is 4.81. The SMILES string of the molecule is C=C(C)C(=O)CC[C@H](CC(=O)OC(C)(C)C)C(=O)N1C[C@H]2C([C@H]1C(=O)CC(CC1CCC1)C(=O)C(N)=O)C2(C)C. The largest absolute Gasteiger partial charge is 0.460 e. The maximum atomic E-state index is 14.0. The molecule has 2 unspecified atom stereocenters. The first-order valence-corrected chi connectivity index (χ1v) is 14.5. The van der Waals surface area contributed by atoms with Gasteiger partial charge < -0.3 is 15.4 Å². The monoisotopic (exact) mass is 558 g/mol. The molecule has 0 aromatic carbocycles. The van der Waals surface area contributed by atoms with Gasteiger partial charge in [0.15, 0.2) is 11.6 Å². The van der Waals surface area contributed by atoms with Gasteiger partial charge in [0.1, 0.15) is 5.60 Å². The Kier molecular flexibility index (Phi) is 9.47. The van der Waals surface area contributed by atoms with Crippen molar-refractivity contribution in [2.24, 2.45) is 40.7 Å². The summed E-state index contributed by atoms with van der Waals surface area (Å²) in [6.07, 6.45) is 3.24. The fourth-order valence-corrected chi connectivity index (χ4v) is 6.51. The molecule has 40 heavy (non-hydrogen) atoms. The van der Waals surface area contributed by atoms with Gasteiger partial charge in [-0.25, -0.2) is 0 Å². The van der Waals surface area contributed by atoms with Gasteiger partial charge >= 0.3 is 5.97 Å². The van der Waals surface area contributed by atoms with Gasteiger partial charge in [0, 0.05) is 31.2 Å². The van der Waals surface area contributed by atoms with Crippen LogP contribution in [0.3, 0.4) is 0 Å². The number of esters is 1. The molecule has 0 radical (unpaired) electrons. The van der Waals surface area contributed by atoms with Crippen molar-refractivity contribution in [3.05, 3.63) is 12.2 Å². The van der Waals surface area contributed by atoms with Crippen molar-refractivity contribution < 1.29 is 33.5 Å². The van der Waals surface area contributed by atoms with Gasteiger partial charge in [-0.3, -0.25) is 28.8 Å². The molecule has 0 bridgehead atoms. The predicted molar refractivity (Wildman–Crippen MR) is 149 cm³/mol. The van der Waals surface area contributed by atoms with Crippen molar-refractivity contribution in [2.75, 3.05) is 6.54 Å². The first-order chi connectivity index (χ1) is 18.4.